The lowest BCUT2D eigenvalue weighted by molar-refractivity contribution is 0.578. The Kier molecular flexibility index (Phi) is 2.46. The second-order valence-corrected chi connectivity index (χ2v) is 3.28. The molecule has 3 heteroatoms. The van der Waals surface area contributed by atoms with E-state index >= 15 is 0 Å². The van der Waals surface area contributed by atoms with Crippen molar-refractivity contribution in [1.82, 2.24) is 4.98 Å². The quantitative estimate of drug-likeness (QED) is 0.695. The highest BCUT2D eigenvalue weighted by atomic mass is 19.1. The van der Waals surface area contributed by atoms with E-state index in [9.17, 15) is 8.78 Å². The first-order valence-corrected chi connectivity index (χ1v) is 4.55. The van der Waals surface area contributed by atoms with Gasteiger partial charge in [0.1, 0.15) is 11.6 Å². The van der Waals surface area contributed by atoms with Gasteiger partial charge in [-0.1, -0.05) is 6.07 Å². The van der Waals surface area contributed by atoms with Gasteiger partial charge in [-0.05, 0) is 30.7 Å². The Bertz CT molecular complexity index is 480. The lowest BCUT2D eigenvalue weighted by atomic mass is 10.0. The van der Waals surface area contributed by atoms with Gasteiger partial charge < -0.3 is 0 Å². The number of halogens is 2. The molecule has 1 heterocycles. The van der Waals surface area contributed by atoms with Gasteiger partial charge >= 0.3 is 0 Å². The summed E-state index contributed by atoms with van der Waals surface area (Å²) in [6, 6.07) is 7.43. The zero-order chi connectivity index (χ0) is 10.8. The van der Waals surface area contributed by atoms with Gasteiger partial charge in [0.05, 0.1) is 5.69 Å². The van der Waals surface area contributed by atoms with Crippen LogP contribution < -0.4 is 0 Å². The van der Waals surface area contributed by atoms with Crippen LogP contribution in [0.25, 0.3) is 11.3 Å². The van der Waals surface area contributed by atoms with Crippen LogP contribution in [0.1, 0.15) is 5.56 Å². The molecule has 0 radical (unpaired) electrons. The maximum atomic E-state index is 13.3. The normalized spacial score (nSPS) is 10.3. The van der Waals surface area contributed by atoms with E-state index in [-0.39, 0.29) is 0 Å². The highest BCUT2D eigenvalue weighted by Gasteiger charge is 2.09. The predicted octanol–water partition coefficient (Wildman–Crippen LogP) is 3.34. The second-order valence-electron chi connectivity index (χ2n) is 3.28. The monoisotopic (exact) mass is 205 g/mol. The lowest BCUT2D eigenvalue weighted by Gasteiger charge is -2.06. The molecule has 1 aromatic carbocycles. The molecule has 0 fully saturated rings. The molecule has 0 atom stereocenters. The van der Waals surface area contributed by atoms with Crippen LogP contribution in [-0.2, 0) is 0 Å². The Morgan fingerprint density at radius 2 is 1.93 bits per heavy atom. The van der Waals surface area contributed by atoms with Crippen molar-refractivity contribution in [3.05, 3.63) is 53.7 Å². The van der Waals surface area contributed by atoms with Crippen LogP contribution >= 0.6 is 0 Å². The molecule has 0 aliphatic heterocycles. The van der Waals surface area contributed by atoms with Gasteiger partial charge in [-0.3, -0.25) is 4.98 Å². The third-order valence-electron chi connectivity index (χ3n) is 2.25. The van der Waals surface area contributed by atoms with Crippen LogP contribution in [0.2, 0.25) is 0 Å². The third kappa shape index (κ3) is 1.86. The van der Waals surface area contributed by atoms with Gasteiger partial charge in [-0.2, -0.15) is 0 Å². The Morgan fingerprint density at radius 3 is 2.60 bits per heavy atom. The van der Waals surface area contributed by atoms with Gasteiger partial charge in [0.2, 0.25) is 0 Å². The van der Waals surface area contributed by atoms with Crippen molar-refractivity contribution in [1.29, 1.82) is 0 Å². The number of hydrogen-bond acceptors (Lipinski definition) is 1. The summed E-state index contributed by atoms with van der Waals surface area (Å²) in [6.45, 7) is 1.61. The fourth-order valence-corrected chi connectivity index (χ4v) is 1.43. The number of rotatable bonds is 1. The van der Waals surface area contributed by atoms with Crippen LogP contribution in [0.4, 0.5) is 8.78 Å². The van der Waals surface area contributed by atoms with E-state index < -0.39 is 11.6 Å². The SMILES string of the molecule is Cc1c(F)cc(F)cc1-c1ccccn1. The average Bonchev–Trinajstić information content (AvgIpc) is 2.24. The molecule has 2 rings (SSSR count). The molecule has 0 saturated carbocycles. The van der Waals surface area contributed by atoms with Crippen molar-refractivity contribution in [3.8, 4) is 11.3 Å². The standard InChI is InChI=1S/C12H9F2N/c1-8-10(6-9(13)7-11(8)14)12-4-2-3-5-15-12/h2-7H,1H3. The van der Waals surface area contributed by atoms with E-state index in [1.807, 2.05) is 0 Å². The number of benzene rings is 1. The predicted molar refractivity (Wildman–Crippen MR) is 54.3 cm³/mol. The Hall–Kier alpha value is -1.77. The van der Waals surface area contributed by atoms with Crippen molar-refractivity contribution < 1.29 is 8.78 Å². The molecule has 76 valence electrons. The summed E-state index contributed by atoms with van der Waals surface area (Å²) in [7, 11) is 0. The smallest absolute Gasteiger partial charge is 0.129 e. The van der Waals surface area contributed by atoms with E-state index in [0.29, 0.717) is 16.8 Å². The van der Waals surface area contributed by atoms with Gasteiger partial charge in [0.15, 0.2) is 0 Å². The van der Waals surface area contributed by atoms with Crippen molar-refractivity contribution in [2.45, 2.75) is 6.92 Å². The molecule has 0 saturated heterocycles. The number of hydrogen-bond donors (Lipinski definition) is 0. The average molecular weight is 205 g/mol. The van der Waals surface area contributed by atoms with Crippen molar-refractivity contribution >= 4 is 0 Å². The molecular weight excluding hydrogens is 196 g/mol. The van der Waals surface area contributed by atoms with E-state index in [0.717, 1.165) is 6.07 Å². The van der Waals surface area contributed by atoms with Gasteiger partial charge in [0.25, 0.3) is 0 Å². The molecule has 1 aromatic heterocycles. The van der Waals surface area contributed by atoms with Crippen molar-refractivity contribution in [2.24, 2.45) is 0 Å². The molecule has 0 amide bonds. The first kappa shape index (κ1) is 9.77. The molecule has 0 aliphatic rings. The second kappa shape index (κ2) is 3.77. The van der Waals surface area contributed by atoms with E-state index in [1.54, 1.807) is 31.3 Å². The molecule has 0 aliphatic carbocycles. The molecule has 15 heavy (non-hydrogen) atoms. The molecule has 2 aromatic rings. The van der Waals surface area contributed by atoms with Crippen LogP contribution in [-0.4, -0.2) is 4.98 Å². The molecule has 1 nitrogen and oxygen atoms in total. The Balaban J connectivity index is 2.63. The maximum Gasteiger partial charge on any atom is 0.129 e. The van der Waals surface area contributed by atoms with Crippen molar-refractivity contribution in [3.63, 3.8) is 0 Å². The number of pyridine rings is 1. The topological polar surface area (TPSA) is 12.9 Å². The first-order valence-electron chi connectivity index (χ1n) is 4.55. The van der Waals surface area contributed by atoms with Crippen molar-refractivity contribution in [2.75, 3.05) is 0 Å². The summed E-state index contributed by atoms with van der Waals surface area (Å²) in [6.07, 6.45) is 1.59. The molecule has 0 N–H and O–H groups in total. The Labute approximate surface area is 86.4 Å². The fraction of sp³-hybridized carbons (Fsp3) is 0.0833. The summed E-state index contributed by atoms with van der Waals surface area (Å²) in [4.78, 5) is 4.06. The third-order valence-corrected chi connectivity index (χ3v) is 2.25. The van der Waals surface area contributed by atoms with E-state index in [2.05, 4.69) is 4.98 Å². The summed E-state index contributed by atoms with van der Waals surface area (Å²) < 4.78 is 26.3. The molecule has 0 bridgehead atoms. The van der Waals surface area contributed by atoms with E-state index in [4.69, 9.17) is 0 Å². The van der Waals surface area contributed by atoms with Crippen LogP contribution in [0, 0.1) is 18.6 Å². The van der Waals surface area contributed by atoms with Gasteiger partial charge in [0, 0.05) is 17.8 Å². The maximum absolute atomic E-state index is 13.3. The van der Waals surface area contributed by atoms with Crippen LogP contribution in [0.5, 0.6) is 0 Å². The number of nitrogens with zero attached hydrogens (tertiary/aromatic N) is 1. The molecular formula is C12H9F2N. The van der Waals surface area contributed by atoms with Gasteiger partial charge in [-0.25, -0.2) is 8.78 Å². The minimum Gasteiger partial charge on any atom is -0.256 e. The lowest BCUT2D eigenvalue weighted by Crippen LogP contribution is -1.92. The van der Waals surface area contributed by atoms with Crippen LogP contribution in [0.3, 0.4) is 0 Å². The molecule has 0 spiro atoms. The minimum atomic E-state index is -0.584. The summed E-state index contributed by atoms with van der Waals surface area (Å²) in [5.41, 5.74) is 1.48. The number of aromatic nitrogens is 1. The van der Waals surface area contributed by atoms with Gasteiger partial charge in [-0.15, -0.1) is 0 Å². The molecule has 0 unspecified atom stereocenters. The fourth-order valence-electron chi connectivity index (χ4n) is 1.43. The zero-order valence-electron chi connectivity index (χ0n) is 8.17. The van der Waals surface area contributed by atoms with Crippen LogP contribution in [0.15, 0.2) is 36.5 Å². The minimum absolute atomic E-state index is 0.412. The largest absolute Gasteiger partial charge is 0.256 e. The summed E-state index contributed by atoms with van der Waals surface area (Å²) in [5, 5.41) is 0. The summed E-state index contributed by atoms with van der Waals surface area (Å²) in [5.74, 6) is -1.13. The zero-order valence-corrected chi connectivity index (χ0v) is 8.17. The highest BCUT2D eigenvalue weighted by Crippen LogP contribution is 2.24. The van der Waals surface area contributed by atoms with E-state index in [1.165, 1.54) is 6.07 Å². The highest BCUT2D eigenvalue weighted by molar-refractivity contribution is 5.63. The first-order chi connectivity index (χ1) is 7.18. The summed E-state index contributed by atoms with van der Waals surface area (Å²) >= 11 is 0. The Morgan fingerprint density at radius 1 is 1.13 bits per heavy atom.